The third kappa shape index (κ3) is 4.07. The fourth-order valence-electron chi connectivity index (χ4n) is 2.10. The Labute approximate surface area is 124 Å². The summed E-state index contributed by atoms with van der Waals surface area (Å²) in [5.41, 5.74) is 2.41. The molecule has 1 rings (SSSR count). The number of phenols is 1. The summed E-state index contributed by atoms with van der Waals surface area (Å²) in [6.07, 6.45) is 0.340. The topological polar surface area (TPSA) is 37.3 Å². The second kappa shape index (κ2) is 5.28. The van der Waals surface area contributed by atoms with E-state index in [4.69, 9.17) is 0 Å². The lowest BCUT2D eigenvalue weighted by atomic mass is 9.78. The third-order valence-electron chi connectivity index (χ3n) is 3.13. The minimum atomic E-state index is -0.157. The van der Waals surface area contributed by atoms with E-state index in [1.807, 2.05) is 12.1 Å². The second-order valence-electron chi connectivity index (χ2n) is 7.07. The molecule has 0 fully saturated rings. The van der Waals surface area contributed by atoms with Gasteiger partial charge in [0.05, 0.1) is 0 Å². The molecule has 0 amide bonds. The molecule has 1 N–H and O–H groups in total. The highest BCUT2D eigenvalue weighted by Gasteiger charge is 2.26. The third-order valence-corrected chi connectivity index (χ3v) is 3.41. The summed E-state index contributed by atoms with van der Waals surface area (Å²) < 4.78 is -0.0436. The Balaban J connectivity index is 3.52. The maximum absolute atomic E-state index is 11.3. The van der Waals surface area contributed by atoms with Gasteiger partial charge in [-0.3, -0.25) is 4.79 Å². The van der Waals surface area contributed by atoms with Crippen LogP contribution in [0.3, 0.4) is 0 Å². The molecular weight excluding hydrogens is 304 g/mol. The first-order valence-corrected chi connectivity index (χ1v) is 7.27. The number of hydrogen-bond acceptors (Lipinski definition) is 2. The minimum Gasteiger partial charge on any atom is -0.507 e. The van der Waals surface area contributed by atoms with E-state index in [-0.39, 0.29) is 15.5 Å². The van der Waals surface area contributed by atoms with Crippen molar-refractivity contribution < 1.29 is 9.90 Å². The largest absolute Gasteiger partial charge is 0.507 e. The van der Waals surface area contributed by atoms with Crippen LogP contribution in [0.15, 0.2) is 12.1 Å². The zero-order valence-electron chi connectivity index (χ0n) is 12.6. The Morgan fingerprint density at radius 3 is 1.68 bits per heavy atom. The monoisotopic (exact) mass is 326 g/mol. The van der Waals surface area contributed by atoms with Crippen LogP contribution in [-0.4, -0.2) is 9.80 Å². The summed E-state index contributed by atoms with van der Waals surface area (Å²) in [6, 6.07) is 3.87. The standard InChI is InChI=1S/C16H23BrO2/c1-15(2,3)11-7-10(9-13(17)18)8-12(14(11)19)16(4,5)6/h7-8,19H,9H2,1-6H3. The van der Waals surface area contributed by atoms with Gasteiger partial charge in [0.2, 0.25) is 4.69 Å². The van der Waals surface area contributed by atoms with Crippen molar-refractivity contribution in [3.63, 3.8) is 0 Å². The maximum atomic E-state index is 11.3. The molecule has 1 aromatic rings. The average Bonchev–Trinajstić information content (AvgIpc) is 2.16. The molecule has 0 saturated heterocycles. The number of carbonyl (C=O) groups is 1. The van der Waals surface area contributed by atoms with E-state index >= 15 is 0 Å². The smallest absolute Gasteiger partial charge is 0.202 e. The number of benzene rings is 1. The number of hydrogen-bond donors (Lipinski definition) is 1. The van der Waals surface area contributed by atoms with Crippen molar-refractivity contribution >= 4 is 20.6 Å². The van der Waals surface area contributed by atoms with Gasteiger partial charge in [0.15, 0.2) is 0 Å². The van der Waals surface area contributed by atoms with Gasteiger partial charge >= 0.3 is 0 Å². The first-order chi connectivity index (χ1) is 8.43. The van der Waals surface area contributed by atoms with Gasteiger partial charge in [-0.25, -0.2) is 0 Å². The van der Waals surface area contributed by atoms with E-state index in [1.165, 1.54) is 0 Å². The van der Waals surface area contributed by atoms with E-state index < -0.39 is 0 Å². The molecule has 3 heteroatoms. The fourth-order valence-corrected chi connectivity index (χ4v) is 2.42. The molecule has 0 atom stereocenters. The SMILES string of the molecule is CC(C)(C)c1cc(CC(=O)Br)cc(C(C)(C)C)c1O. The molecule has 0 spiro atoms. The van der Waals surface area contributed by atoms with E-state index in [2.05, 4.69) is 57.5 Å². The van der Waals surface area contributed by atoms with Crippen LogP contribution >= 0.6 is 15.9 Å². The van der Waals surface area contributed by atoms with Gasteiger partial charge in [0.1, 0.15) is 5.75 Å². The first-order valence-electron chi connectivity index (χ1n) is 6.48. The minimum absolute atomic E-state index is 0.0436. The van der Waals surface area contributed by atoms with Gasteiger partial charge in [-0.05, 0) is 43.5 Å². The van der Waals surface area contributed by atoms with Crippen LogP contribution in [0.2, 0.25) is 0 Å². The highest BCUT2D eigenvalue weighted by molar-refractivity contribution is 9.18. The Bertz CT molecular complexity index is 455. The van der Waals surface area contributed by atoms with E-state index in [0.717, 1.165) is 16.7 Å². The molecule has 0 aliphatic heterocycles. The fraction of sp³-hybridized carbons (Fsp3) is 0.562. The quantitative estimate of drug-likeness (QED) is 0.815. The second-order valence-corrected chi connectivity index (χ2v) is 7.96. The molecule has 0 aliphatic carbocycles. The van der Waals surface area contributed by atoms with Crippen molar-refractivity contribution in [2.24, 2.45) is 0 Å². The summed E-state index contributed by atoms with van der Waals surface area (Å²) in [5.74, 6) is 0.353. The molecule has 0 aromatic heterocycles. The highest BCUT2D eigenvalue weighted by Crippen LogP contribution is 2.39. The number of aromatic hydroxyl groups is 1. The summed E-state index contributed by atoms with van der Waals surface area (Å²) in [4.78, 5) is 11.3. The van der Waals surface area contributed by atoms with E-state index in [9.17, 15) is 9.90 Å². The van der Waals surface area contributed by atoms with E-state index in [1.54, 1.807) is 0 Å². The number of carbonyl (C=O) groups excluding carboxylic acids is 1. The van der Waals surface area contributed by atoms with Crippen LogP contribution in [0, 0.1) is 0 Å². The van der Waals surface area contributed by atoms with Gasteiger partial charge in [-0.2, -0.15) is 0 Å². The van der Waals surface area contributed by atoms with Crippen LogP contribution in [0.4, 0.5) is 0 Å². The summed E-state index contributed by atoms with van der Waals surface area (Å²) in [5, 5.41) is 10.5. The predicted molar refractivity (Wildman–Crippen MR) is 83.1 cm³/mol. The number of halogens is 1. The molecule has 0 unspecified atom stereocenters. The Morgan fingerprint density at radius 1 is 1.05 bits per heavy atom. The average molecular weight is 327 g/mol. The Hall–Kier alpha value is -0.830. The van der Waals surface area contributed by atoms with Gasteiger partial charge in [-0.15, -0.1) is 0 Å². The molecule has 2 nitrogen and oxygen atoms in total. The van der Waals surface area contributed by atoms with Gasteiger partial charge < -0.3 is 5.11 Å². The summed E-state index contributed by atoms with van der Waals surface area (Å²) >= 11 is 2.98. The van der Waals surface area contributed by atoms with Gasteiger partial charge in [-0.1, -0.05) is 53.7 Å². The van der Waals surface area contributed by atoms with Crippen molar-refractivity contribution in [2.75, 3.05) is 0 Å². The lowest BCUT2D eigenvalue weighted by Gasteiger charge is -2.28. The van der Waals surface area contributed by atoms with Crippen molar-refractivity contribution in [1.82, 2.24) is 0 Å². The van der Waals surface area contributed by atoms with Crippen LogP contribution in [0.1, 0.15) is 58.2 Å². The Morgan fingerprint density at radius 2 is 1.42 bits per heavy atom. The summed E-state index contributed by atoms with van der Waals surface area (Å²) in [6.45, 7) is 12.4. The lowest BCUT2D eigenvalue weighted by molar-refractivity contribution is -0.109. The van der Waals surface area contributed by atoms with Crippen molar-refractivity contribution in [3.8, 4) is 5.75 Å². The predicted octanol–water partition coefficient (Wildman–Crippen LogP) is 4.45. The van der Waals surface area contributed by atoms with Crippen LogP contribution in [-0.2, 0) is 22.0 Å². The highest BCUT2D eigenvalue weighted by atomic mass is 79.9. The summed E-state index contributed by atoms with van der Waals surface area (Å²) in [7, 11) is 0. The zero-order chi connectivity index (χ0) is 15.0. The molecule has 0 saturated carbocycles. The molecular formula is C16H23BrO2. The molecule has 1 aromatic carbocycles. The van der Waals surface area contributed by atoms with Crippen LogP contribution < -0.4 is 0 Å². The molecule has 19 heavy (non-hydrogen) atoms. The number of rotatable bonds is 2. The van der Waals surface area contributed by atoms with Gasteiger partial charge in [0, 0.05) is 6.42 Å². The number of phenolic OH excluding ortho intramolecular Hbond substituents is 1. The van der Waals surface area contributed by atoms with Crippen molar-refractivity contribution in [3.05, 3.63) is 28.8 Å². The maximum Gasteiger partial charge on any atom is 0.202 e. The van der Waals surface area contributed by atoms with Crippen LogP contribution in [0.25, 0.3) is 0 Å². The van der Waals surface area contributed by atoms with Crippen molar-refractivity contribution in [1.29, 1.82) is 0 Å². The molecule has 0 bridgehead atoms. The lowest BCUT2D eigenvalue weighted by Crippen LogP contribution is -2.18. The normalized spacial score (nSPS) is 12.6. The molecule has 0 aliphatic rings. The van der Waals surface area contributed by atoms with E-state index in [0.29, 0.717) is 12.2 Å². The Kier molecular flexibility index (Phi) is 4.51. The zero-order valence-corrected chi connectivity index (χ0v) is 14.2. The first kappa shape index (κ1) is 16.2. The molecule has 0 radical (unpaired) electrons. The van der Waals surface area contributed by atoms with Crippen LogP contribution in [0.5, 0.6) is 5.75 Å². The molecule has 0 heterocycles. The molecule has 106 valence electrons. The van der Waals surface area contributed by atoms with Crippen molar-refractivity contribution in [2.45, 2.75) is 58.8 Å². The van der Waals surface area contributed by atoms with Gasteiger partial charge in [0.25, 0.3) is 0 Å².